The van der Waals surface area contributed by atoms with Crippen molar-refractivity contribution in [1.29, 1.82) is 0 Å². The van der Waals surface area contributed by atoms with Gasteiger partial charge in [-0.15, -0.1) is 11.7 Å². The van der Waals surface area contributed by atoms with Gasteiger partial charge in [-0.1, -0.05) is 30.4 Å². The van der Waals surface area contributed by atoms with Crippen LogP contribution in [0.1, 0.15) is 49.9 Å². The third-order valence-electron chi connectivity index (χ3n) is 8.91. The molecule has 2 aliphatic rings. The predicted octanol–water partition coefficient (Wildman–Crippen LogP) is 3.17. The minimum atomic E-state index is -1.88. The molecule has 1 unspecified atom stereocenters. The van der Waals surface area contributed by atoms with Gasteiger partial charge in [0.15, 0.2) is 5.60 Å². The van der Waals surface area contributed by atoms with Crippen molar-refractivity contribution in [3.8, 4) is 5.75 Å². The number of fused-ring (bicyclic) bond motifs is 2. The van der Waals surface area contributed by atoms with E-state index in [1.54, 1.807) is 40.9 Å². The summed E-state index contributed by atoms with van der Waals surface area (Å²) in [6, 6.07) is 10.5. The highest BCUT2D eigenvalue weighted by molar-refractivity contribution is 6.10. The SMILES string of the molecule is C=CCN1C(=O)[C@](O)([C@H](C)/C=C/CCn2cc(CCO)nn2)c2cc(N3C(=O)C(NCCCCO)Cc4cc(OCC)ccc43)ccc21. The lowest BCUT2D eigenvalue weighted by Crippen LogP contribution is -2.49. The number of nitrogens with zero attached hydrogens (tertiary/aromatic N) is 5. The summed E-state index contributed by atoms with van der Waals surface area (Å²) in [7, 11) is 0. The number of nitrogens with one attached hydrogen (secondary N) is 1. The first-order chi connectivity index (χ1) is 23.3. The minimum absolute atomic E-state index is 0.00492. The van der Waals surface area contributed by atoms with Gasteiger partial charge in [0.1, 0.15) is 5.75 Å². The zero-order valence-electron chi connectivity index (χ0n) is 27.7. The van der Waals surface area contributed by atoms with Crippen molar-refractivity contribution in [2.45, 2.75) is 64.1 Å². The fourth-order valence-electron chi connectivity index (χ4n) is 6.43. The lowest BCUT2D eigenvalue weighted by molar-refractivity contribution is -0.139. The van der Waals surface area contributed by atoms with E-state index >= 15 is 0 Å². The van der Waals surface area contributed by atoms with Gasteiger partial charge >= 0.3 is 0 Å². The monoisotopic (exact) mass is 658 g/mol. The third kappa shape index (κ3) is 7.07. The van der Waals surface area contributed by atoms with Crippen molar-refractivity contribution in [1.82, 2.24) is 20.3 Å². The molecule has 0 fully saturated rings. The van der Waals surface area contributed by atoms with Crippen LogP contribution in [0.15, 0.2) is 67.4 Å². The van der Waals surface area contributed by atoms with Gasteiger partial charge in [0, 0.05) is 56.1 Å². The van der Waals surface area contributed by atoms with E-state index in [4.69, 9.17) is 9.84 Å². The van der Waals surface area contributed by atoms with Crippen LogP contribution in [0.5, 0.6) is 5.75 Å². The normalized spacial score (nSPS) is 19.6. The second kappa shape index (κ2) is 15.7. The Labute approximate surface area is 281 Å². The summed E-state index contributed by atoms with van der Waals surface area (Å²) in [6.07, 6.45) is 10.0. The van der Waals surface area contributed by atoms with Gasteiger partial charge in [-0.05, 0) is 81.1 Å². The number of aryl methyl sites for hydroxylation is 1. The van der Waals surface area contributed by atoms with Gasteiger partial charge in [-0.3, -0.25) is 19.2 Å². The lowest BCUT2D eigenvalue weighted by atomic mass is 9.82. The molecule has 2 aromatic carbocycles. The molecule has 0 spiro atoms. The molecule has 3 heterocycles. The van der Waals surface area contributed by atoms with E-state index in [1.807, 2.05) is 43.3 Å². The summed E-state index contributed by atoms with van der Waals surface area (Å²) >= 11 is 0. The molecule has 1 aromatic heterocycles. The first-order valence-corrected chi connectivity index (χ1v) is 16.7. The number of hydrogen-bond donors (Lipinski definition) is 4. The Kier molecular flexibility index (Phi) is 11.4. The van der Waals surface area contributed by atoms with Crippen LogP contribution in [-0.4, -0.2) is 81.1 Å². The molecule has 2 aliphatic heterocycles. The summed E-state index contributed by atoms with van der Waals surface area (Å²) in [5.41, 5.74) is 2.02. The predicted molar refractivity (Wildman–Crippen MR) is 183 cm³/mol. The number of rotatable bonds is 17. The van der Waals surface area contributed by atoms with Crippen LogP contribution in [0.25, 0.3) is 0 Å². The number of hydrogen-bond acceptors (Lipinski definition) is 9. The van der Waals surface area contributed by atoms with E-state index in [-0.39, 0.29) is 25.7 Å². The van der Waals surface area contributed by atoms with Gasteiger partial charge in [0.2, 0.25) is 5.91 Å². The van der Waals surface area contributed by atoms with Gasteiger partial charge in [-0.25, -0.2) is 0 Å². The van der Waals surface area contributed by atoms with Crippen molar-refractivity contribution in [2.75, 3.05) is 42.7 Å². The maximum atomic E-state index is 14.1. The summed E-state index contributed by atoms with van der Waals surface area (Å²) in [6.45, 7) is 9.50. The Balaban J connectivity index is 1.47. The summed E-state index contributed by atoms with van der Waals surface area (Å²) < 4.78 is 7.46. The van der Waals surface area contributed by atoms with Crippen molar-refractivity contribution < 1.29 is 29.6 Å². The molecular weight excluding hydrogens is 612 g/mol. The van der Waals surface area contributed by atoms with Crippen LogP contribution in [0.4, 0.5) is 17.1 Å². The molecule has 0 aliphatic carbocycles. The average Bonchev–Trinajstić information content (AvgIpc) is 3.62. The topological polar surface area (TPSA) is 153 Å². The van der Waals surface area contributed by atoms with Crippen molar-refractivity contribution in [3.63, 3.8) is 0 Å². The molecule has 4 N–H and O–H groups in total. The van der Waals surface area contributed by atoms with Crippen LogP contribution >= 0.6 is 0 Å². The molecule has 0 saturated carbocycles. The number of benzene rings is 2. The fraction of sp³-hybridized carbons (Fsp3) is 0.444. The maximum absolute atomic E-state index is 14.1. The van der Waals surface area contributed by atoms with Crippen molar-refractivity contribution in [2.24, 2.45) is 5.92 Å². The number of anilines is 3. The highest BCUT2D eigenvalue weighted by Gasteiger charge is 2.52. The van der Waals surface area contributed by atoms with Crippen LogP contribution in [0.3, 0.4) is 0 Å². The van der Waals surface area contributed by atoms with Crippen LogP contribution < -0.4 is 19.9 Å². The Hall–Kier alpha value is -4.36. The van der Waals surface area contributed by atoms with Gasteiger partial charge in [0.25, 0.3) is 5.91 Å². The molecule has 0 radical (unpaired) electrons. The Morgan fingerprint density at radius 2 is 1.96 bits per heavy atom. The van der Waals surface area contributed by atoms with Crippen molar-refractivity contribution >= 4 is 28.9 Å². The zero-order chi connectivity index (χ0) is 34.3. The molecule has 3 aromatic rings. The number of aliphatic hydroxyl groups is 3. The fourth-order valence-corrected chi connectivity index (χ4v) is 6.43. The number of aliphatic hydroxyl groups excluding tert-OH is 2. The quantitative estimate of drug-likeness (QED) is 0.127. The molecule has 0 saturated heterocycles. The van der Waals surface area contributed by atoms with Crippen molar-refractivity contribution in [3.05, 3.63) is 84.2 Å². The Bertz CT molecular complexity index is 1640. The molecule has 48 heavy (non-hydrogen) atoms. The maximum Gasteiger partial charge on any atom is 0.264 e. The number of carbonyl (C=O) groups excluding carboxylic acids is 2. The second-order valence-electron chi connectivity index (χ2n) is 12.2. The number of amides is 2. The zero-order valence-corrected chi connectivity index (χ0v) is 27.7. The first kappa shape index (κ1) is 35.0. The van der Waals surface area contributed by atoms with Gasteiger partial charge in [-0.2, -0.15) is 0 Å². The summed E-state index contributed by atoms with van der Waals surface area (Å²) in [5.74, 6) is -0.483. The lowest BCUT2D eigenvalue weighted by Gasteiger charge is -2.35. The molecule has 0 bridgehead atoms. The Morgan fingerprint density at radius 3 is 2.71 bits per heavy atom. The second-order valence-corrected chi connectivity index (χ2v) is 12.2. The minimum Gasteiger partial charge on any atom is -0.494 e. The van der Waals surface area contributed by atoms with Crippen LogP contribution in [-0.2, 0) is 34.6 Å². The molecular formula is C36H46N6O6. The molecule has 3 atom stereocenters. The summed E-state index contributed by atoms with van der Waals surface area (Å²) in [5, 5.41) is 42.1. The molecule has 12 nitrogen and oxygen atoms in total. The molecule has 12 heteroatoms. The Morgan fingerprint density at radius 1 is 1.15 bits per heavy atom. The number of allylic oxidation sites excluding steroid dienone is 1. The van der Waals surface area contributed by atoms with Crippen LogP contribution in [0.2, 0.25) is 0 Å². The van der Waals surface area contributed by atoms with Gasteiger partial charge < -0.3 is 30.3 Å². The van der Waals surface area contributed by atoms with E-state index in [0.717, 1.165) is 17.7 Å². The highest BCUT2D eigenvalue weighted by Crippen LogP contribution is 2.48. The molecule has 256 valence electrons. The van der Waals surface area contributed by atoms with E-state index in [1.165, 1.54) is 4.90 Å². The average molecular weight is 659 g/mol. The number of unbranched alkanes of at least 4 members (excludes halogenated alkanes) is 1. The number of ether oxygens (including phenoxy) is 1. The summed E-state index contributed by atoms with van der Waals surface area (Å²) in [4.78, 5) is 31.2. The van der Waals surface area contributed by atoms with Gasteiger partial charge in [0.05, 0.1) is 29.7 Å². The largest absolute Gasteiger partial charge is 0.494 e. The number of carbonyl (C=O) groups is 2. The third-order valence-corrected chi connectivity index (χ3v) is 8.91. The van der Waals surface area contributed by atoms with E-state index in [9.17, 15) is 19.8 Å². The van der Waals surface area contributed by atoms with Crippen LogP contribution in [0, 0.1) is 5.92 Å². The van der Waals surface area contributed by atoms with E-state index < -0.39 is 23.5 Å². The first-order valence-electron chi connectivity index (χ1n) is 16.7. The van der Waals surface area contributed by atoms with E-state index in [2.05, 4.69) is 22.2 Å². The van der Waals surface area contributed by atoms with E-state index in [0.29, 0.717) is 73.8 Å². The standard InChI is InChI=1S/C36H46N6O6/c1-4-17-41-33-13-11-28(42-32-14-12-29(48-5-2)21-26(32)22-31(34(42)45)37-16-7-9-19-43)23-30(33)36(47,35(41)46)25(3)10-6-8-18-40-24-27(15-20-44)38-39-40/h4,6,10-14,21,23-25,31,37,43-44,47H,1,5,7-9,15-20,22H2,2-3H3/b10-6+/t25-,31?,36+/m1/s1. The smallest absolute Gasteiger partial charge is 0.264 e. The number of aromatic nitrogens is 3. The highest BCUT2D eigenvalue weighted by atomic mass is 16.5. The molecule has 2 amide bonds. The molecule has 5 rings (SSSR count).